The van der Waals surface area contributed by atoms with E-state index in [0.29, 0.717) is 11.3 Å². The maximum atomic E-state index is 11.1. The molecular weight excluding hydrogens is 216 g/mol. The summed E-state index contributed by atoms with van der Waals surface area (Å²) < 4.78 is 0. The van der Waals surface area contributed by atoms with Crippen LogP contribution in [0.4, 0.5) is 0 Å². The molecule has 92 valence electrons. The molecule has 2 heterocycles. The number of aryl methyl sites for hydroxylation is 1. The fourth-order valence-electron chi connectivity index (χ4n) is 2.36. The van der Waals surface area contributed by atoms with Gasteiger partial charge in [0.2, 0.25) is 0 Å². The Morgan fingerprint density at radius 2 is 2.35 bits per heavy atom. The molecular formula is C13H18N2O2. The van der Waals surface area contributed by atoms with Crippen LogP contribution < -0.4 is 0 Å². The molecule has 17 heavy (non-hydrogen) atoms. The summed E-state index contributed by atoms with van der Waals surface area (Å²) in [6.45, 7) is 6.85. The van der Waals surface area contributed by atoms with E-state index < -0.39 is 5.97 Å². The molecule has 1 N–H and O–H groups in total. The largest absolute Gasteiger partial charge is 0.478 e. The topological polar surface area (TPSA) is 53.4 Å². The molecule has 0 amide bonds. The quantitative estimate of drug-likeness (QED) is 0.867. The van der Waals surface area contributed by atoms with E-state index >= 15 is 0 Å². The third-order valence-corrected chi connectivity index (χ3v) is 3.21. The number of hydrogen-bond donors (Lipinski definition) is 1. The summed E-state index contributed by atoms with van der Waals surface area (Å²) in [6, 6.07) is 1.79. The van der Waals surface area contributed by atoms with Crippen LogP contribution in [0.5, 0.6) is 0 Å². The monoisotopic (exact) mass is 234 g/mol. The van der Waals surface area contributed by atoms with Gasteiger partial charge in [-0.2, -0.15) is 0 Å². The van der Waals surface area contributed by atoms with Crippen molar-refractivity contribution in [3.8, 4) is 0 Å². The van der Waals surface area contributed by atoms with Gasteiger partial charge in [0.1, 0.15) is 0 Å². The average Bonchev–Trinajstić information content (AvgIpc) is 2.28. The molecule has 1 aromatic heterocycles. The van der Waals surface area contributed by atoms with E-state index in [-0.39, 0.29) is 0 Å². The molecule has 0 saturated heterocycles. The normalized spacial score (nSPS) is 15.6. The molecule has 0 bridgehead atoms. The van der Waals surface area contributed by atoms with E-state index in [0.717, 1.165) is 43.7 Å². The number of rotatable bonds is 3. The van der Waals surface area contributed by atoms with Crippen LogP contribution in [-0.2, 0) is 13.0 Å². The highest BCUT2D eigenvalue weighted by atomic mass is 16.4. The second kappa shape index (κ2) is 4.84. The Balaban J connectivity index is 2.30. The number of aromatic carboxylic acids is 1. The van der Waals surface area contributed by atoms with E-state index in [9.17, 15) is 4.79 Å². The summed E-state index contributed by atoms with van der Waals surface area (Å²) in [7, 11) is 0. The molecule has 0 fully saturated rings. The minimum Gasteiger partial charge on any atom is -0.478 e. The first kappa shape index (κ1) is 12.0. The van der Waals surface area contributed by atoms with Crippen molar-refractivity contribution in [3.05, 3.63) is 28.6 Å². The number of carbonyl (C=O) groups is 1. The molecule has 4 heteroatoms. The van der Waals surface area contributed by atoms with E-state index in [2.05, 4.69) is 16.8 Å². The van der Waals surface area contributed by atoms with Crippen molar-refractivity contribution >= 4 is 5.97 Å². The second-order valence-electron chi connectivity index (χ2n) is 4.56. The van der Waals surface area contributed by atoms with Crippen molar-refractivity contribution in [2.45, 2.75) is 33.2 Å². The highest BCUT2D eigenvalue weighted by Gasteiger charge is 2.20. The van der Waals surface area contributed by atoms with Gasteiger partial charge in [0, 0.05) is 25.2 Å². The summed E-state index contributed by atoms with van der Waals surface area (Å²) in [6.07, 6.45) is 2.05. The second-order valence-corrected chi connectivity index (χ2v) is 4.56. The minimum atomic E-state index is -0.884. The van der Waals surface area contributed by atoms with Crippen molar-refractivity contribution in [3.63, 3.8) is 0 Å². The SMILES string of the molecule is CCCN1CCc2nc(C)c(C(=O)O)cc2C1. The van der Waals surface area contributed by atoms with Crippen LogP contribution in [-0.4, -0.2) is 34.0 Å². The zero-order valence-electron chi connectivity index (χ0n) is 10.4. The highest BCUT2D eigenvalue weighted by molar-refractivity contribution is 5.89. The van der Waals surface area contributed by atoms with Crippen molar-refractivity contribution < 1.29 is 9.90 Å². The lowest BCUT2D eigenvalue weighted by Crippen LogP contribution is -2.32. The molecule has 0 aromatic carbocycles. The molecule has 4 nitrogen and oxygen atoms in total. The van der Waals surface area contributed by atoms with E-state index in [1.54, 1.807) is 13.0 Å². The van der Waals surface area contributed by atoms with Crippen LogP contribution in [0.15, 0.2) is 6.07 Å². The number of carboxylic acids is 1. The number of carboxylic acid groups (broad SMARTS) is 1. The van der Waals surface area contributed by atoms with E-state index in [1.165, 1.54) is 0 Å². The molecule has 0 unspecified atom stereocenters. The lowest BCUT2D eigenvalue weighted by Gasteiger charge is -2.28. The summed E-state index contributed by atoms with van der Waals surface area (Å²) in [5, 5.41) is 9.08. The highest BCUT2D eigenvalue weighted by Crippen LogP contribution is 2.20. The Hall–Kier alpha value is -1.42. The van der Waals surface area contributed by atoms with Crippen LogP contribution >= 0.6 is 0 Å². The van der Waals surface area contributed by atoms with Gasteiger partial charge >= 0.3 is 5.97 Å². The predicted molar refractivity (Wildman–Crippen MR) is 65.2 cm³/mol. The smallest absolute Gasteiger partial charge is 0.337 e. The first-order valence-electron chi connectivity index (χ1n) is 6.07. The van der Waals surface area contributed by atoms with E-state index in [4.69, 9.17) is 5.11 Å². The molecule has 2 rings (SSSR count). The fourth-order valence-corrected chi connectivity index (χ4v) is 2.36. The molecule has 0 spiro atoms. The summed E-state index contributed by atoms with van der Waals surface area (Å²) in [5.74, 6) is -0.884. The van der Waals surface area contributed by atoms with Gasteiger partial charge in [-0.1, -0.05) is 6.92 Å². The van der Waals surface area contributed by atoms with Crippen molar-refractivity contribution in [1.82, 2.24) is 9.88 Å². The van der Waals surface area contributed by atoms with Crippen LogP contribution in [0.1, 0.15) is 40.7 Å². The summed E-state index contributed by atoms with van der Waals surface area (Å²) in [5.41, 5.74) is 3.11. The van der Waals surface area contributed by atoms with Crippen molar-refractivity contribution in [2.75, 3.05) is 13.1 Å². The molecule has 1 aliphatic rings. The summed E-state index contributed by atoms with van der Waals surface area (Å²) in [4.78, 5) is 17.8. The van der Waals surface area contributed by atoms with Gasteiger partial charge in [0.05, 0.1) is 11.3 Å². The maximum absolute atomic E-state index is 11.1. The molecule has 0 saturated carbocycles. The molecule has 0 atom stereocenters. The lowest BCUT2D eigenvalue weighted by atomic mass is 10.0. The Bertz CT molecular complexity index is 443. The van der Waals surface area contributed by atoms with Gasteiger partial charge in [-0.05, 0) is 31.5 Å². The van der Waals surface area contributed by atoms with Gasteiger partial charge in [0.15, 0.2) is 0 Å². The minimum absolute atomic E-state index is 0.335. The Labute approximate surface area is 101 Å². The Morgan fingerprint density at radius 1 is 1.59 bits per heavy atom. The Morgan fingerprint density at radius 3 is 3.00 bits per heavy atom. The predicted octanol–water partition coefficient (Wildman–Crippen LogP) is 1.86. The number of hydrogen-bond acceptors (Lipinski definition) is 3. The van der Waals surface area contributed by atoms with Crippen molar-refractivity contribution in [2.24, 2.45) is 0 Å². The number of fused-ring (bicyclic) bond motifs is 1. The van der Waals surface area contributed by atoms with Gasteiger partial charge in [-0.3, -0.25) is 9.88 Å². The fraction of sp³-hybridized carbons (Fsp3) is 0.538. The van der Waals surface area contributed by atoms with Gasteiger partial charge in [-0.15, -0.1) is 0 Å². The molecule has 0 radical (unpaired) electrons. The molecule has 0 aliphatic carbocycles. The standard InChI is InChI=1S/C13H18N2O2/c1-3-5-15-6-4-12-10(8-15)7-11(13(16)17)9(2)14-12/h7H,3-6,8H2,1-2H3,(H,16,17). The molecule has 1 aliphatic heterocycles. The third-order valence-electron chi connectivity index (χ3n) is 3.21. The van der Waals surface area contributed by atoms with Gasteiger partial charge in [0.25, 0.3) is 0 Å². The first-order valence-corrected chi connectivity index (χ1v) is 6.07. The van der Waals surface area contributed by atoms with Crippen LogP contribution in [0, 0.1) is 6.92 Å². The van der Waals surface area contributed by atoms with E-state index in [1.807, 2.05) is 0 Å². The average molecular weight is 234 g/mol. The first-order chi connectivity index (χ1) is 8.11. The Kier molecular flexibility index (Phi) is 3.43. The van der Waals surface area contributed by atoms with Crippen LogP contribution in [0.3, 0.4) is 0 Å². The van der Waals surface area contributed by atoms with Crippen LogP contribution in [0.2, 0.25) is 0 Å². The maximum Gasteiger partial charge on any atom is 0.337 e. The third kappa shape index (κ3) is 2.47. The van der Waals surface area contributed by atoms with Crippen molar-refractivity contribution in [1.29, 1.82) is 0 Å². The zero-order chi connectivity index (χ0) is 12.4. The number of aromatic nitrogens is 1. The zero-order valence-corrected chi connectivity index (χ0v) is 10.4. The van der Waals surface area contributed by atoms with Crippen LogP contribution in [0.25, 0.3) is 0 Å². The lowest BCUT2D eigenvalue weighted by molar-refractivity contribution is 0.0695. The van der Waals surface area contributed by atoms with Gasteiger partial charge in [-0.25, -0.2) is 4.79 Å². The molecule has 1 aromatic rings. The summed E-state index contributed by atoms with van der Waals surface area (Å²) >= 11 is 0. The number of pyridine rings is 1. The number of nitrogens with zero attached hydrogens (tertiary/aromatic N) is 2. The van der Waals surface area contributed by atoms with Gasteiger partial charge < -0.3 is 5.11 Å².